The van der Waals surface area contributed by atoms with Crippen molar-refractivity contribution in [2.45, 2.75) is 33.3 Å². The Bertz CT molecular complexity index is 541. The largest absolute Gasteiger partial charge is 0.478 e. The highest BCUT2D eigenvalue weighted by molar-refractivity contribution is 5.94. The Labute approximate surface area is 124 Å². The van der Waals surface area contributed by atoms with E-state index in [9.17, 15) is 14.7 Å². The van der Waals surface area contributed by atoms with Gasteiger partial charge in [0.1, 0.15) is 0 Å². The molecule has 0 bridgehead atoms. The second kappa shape index (κ2) is 7.08. The Balaban J connectivity index is 2.83. The van der Waals surface area contributed by atoms with E-state index in [1.54, 1.807) is 33.9 Å². The molecule has 1 unspecified atom stereocenters. The average molecular weight is 294 g/mol. The molecule has 0 heterocycles. The summed E-state index contributed by atoms with van der Waals surface area (Å²) in [6.07, 6.45) is 0.0116. The van der Waals surface area contributed by atoms with Gasteiger partial charge in [0.15, 0.2) is 0 Å². The lowest BCUT2D eigenvalue weighted by Gasteiger charge is -2.19. The number of amides is 2. The first-order valence-corrected chi connectivity index (χ1v) is 6.77. The molecule has 0 saturated carbocycles. The Morgan fingerprint density at radius 2 is 1.95 bits per heavy atom. The Hall–Kier alpha value is -2.08. The first-order valence-electron chi connectivity index (χ1n) is 6.77. The molecule has 3 N–H and O–H groups in total. The van der Waals surface area contributed by atoms with E-state index in [4.69, 9.17) is 5.11 Å². The summed E-state index contributed by atoms with van der Waals surface area (Å²) in [5, 5.41) is 21.0. The van der Waals surface area contributed by atoms with Crippen LogP contribution < -0.4 is 5.32 Å². The number of rotatable bonds is 5. The molecule has 21 heavy (non-hydrogen) atoms. The predicted molar refractivity (Wildman–Crippen MR) is 80.8 cm³/mol. The summed E-state index contributed by atoms with van der Waals surface area (Å²) in [7, 11) is 1.62. The van der Waals surface area contributed by atoms with E-state index in [0.29, 0.717) is 24.2 Å². The molecule has 0 aliphatic rings. The number of nitrogens with one attached hydrogen (secondary N) is 1. The zero-order valence-corrected chi connectivity index (χ0v) is 12.8. The number of carbonyl (C=O) groups is 2. The number of anilines is 1. The summed E-state index contributed by atoms with van der Waals surface area (Å²) < 4.78 is 0. The van der Waals surface area contributed by atoms with Gasteiger partial charge in [-0.3, -0.25) is 0 Å². The van der Waals surface area contributed by atoms with Gasteiger partial charge in [0.25, 0.3) is 0 Å². The van der Waals surface area contributed by atoms with Crippen LogP contribution in [-0.2, 0) is 0 Å². The molecule has 0 radical (unpaired) electrons. The number of benzene rings is 1. The first-order chi connectivity index (χ1) is 9.72. The van der Waals surface area contributed by atoms with E-state index in [2.05, 4.69) is 5.32 Å². The molecule has 2 amide bonds. The van der Waals surface area contributed by atoms with Crippen LogP contribution in [0.4, 0.5) is 10.5 Å². The molecule has 0 aliphatic heterocycles. The van der Waals surface area contributed by atoms with Crippen LogP contribution in [0, 0.1) is 13.8 Å². The molecule has 1 aromatic carbocycles. The fraction of sp³-hybridized carbons (Fsp3) is 0.467. The number of carboxylic acids is 1. The van der Waals surface area contributed by atoms with Crippen LogP contribution in [0.15, 0.2) is 12.1 Å². The molecule has 1 atom stereocenters. The molecule has 0 fully saturated rings. The number of aliphatic hydroxyl groups is 1. The van der Waals surface area contributed by atoms with Gasteiger partial charge in [-0.2, -0.15) is 0 Å². The minimum atomic E-state index is -1.02. The number of hydrogen-bond acceptors (Lipinski definition) is 3. The maximum absolute atomic E-state index is 12.0. The zero-order valence-electron chi connectivity index (χ0n) is 12.8. The molecular weight excluding hydrogens is 272 g/mol. The Kier molecular flexibility index (Phi) is 5.72. The van der Waals surface area contributed by atoms with Gasteiger partial charge in [-0.05, 0) is 50.5 Å². The van der Waals surface area contributed by atoms with Crippen molar-refractivity contribution in [2.75, 3.05) is 18.9 Å². The summed E-state index contributed by atoms with van der Waals surface area (Å²) in [5.74, 6) is -1.02. The highest BCUT2D eigenvalue weighted by atomic mass is 16.4. The Morgan fingerprint density at radius 1 is 1.33 bits per heavy atom. The summed E-state index contributed by atoms with van der Waals surface area (Å²) >= 11 is 0. The number of carboxylic acid groups (broad SMARTS) is 1. The van der Waals surface area contributed by atoms with Gasteiger partial charge in [0.2, 0.25) is 0 Å². The van der Waals surface area contributed by atoms with Crippen molar-refractivity contribution in [1.82, 2.24) is 4.90 Å². The Morgan fingerprint density at radius 3 is 2.48 bits per heavy atom. The van der Waals surface area contributed by atoms with Crippen molar-refractivity contribution in [3.8, 4) is 0 Å². The van der Waals surface area contributed by atoms with E-state index in [1.165, 1.54) is 11.0 Å². The number of aryl methyl sites for hydroxylation is 1. The third-order valence-corrected chi connectivity index (χ3v) is 3.38. The van der Waals surface area contributed by atoms with Crippen molar-refractivity contribution in [2.24, 2.45) is 0 Å². The van der Waals surface area contributed by atoms with E-state index < -0.39 is 12.1 Å². The SMILES string of the molecule is Cc1cc(NC(=O)N(C)CCC(C)O)cc(C(=O)O)c1C. The lowest BCUT2D eigenvalue weighted by Crippen LogP contribution is -2.33. The first kappa shape index (κ1) is 17.0. The molecule has 6 heteroatoms. The van der Waals surface area contributed by atoms with Gasteiger partial charge in [0.05, 0.1) is 11.7 Å². The van der Waals surface area contributed by atoms with Crippen molar-refractivity contribution in [3.63, 3.8) is 0 Å². The van der Waals surface area contributed by atoms with Crippen LogP contribution in [-0.4, -0.2) is 46.8 Å². The molecule has 1 rings (SSSR count). The van der Waals surface area contributed by atoms with Crippen molar-refractivity contribution in [1.29, 1.82) is 0 Å². The summed E-state index contributed by atoms with van der Waals surface area (Å²) in [5.41, 5.74) is 2.11. The smallest absolute Gasteiger partial charge is 0.336 e. The molecule has 0 saturated heterocycles. The van der Waals surface area contributed by atoms with Crippen LogP contribution in [0.1, 0.15) is 34.8 Å². The zero-order chi connectivity index (χ0) is 16.2. The van der Waals surface area contributed by atoms with Crippen LogP contribution in [0.2, 0.25) is 0 Å². The number of aliphatic hydroxyl groups excluding tert-OH is 1. The van der Waals surface area contributed by atoms with Gasteiger partial charge >= 0.3 is 12.0 Å². The molecule has 6 nitrogen and oxygen atoms in total. The number of nitrogens with zero attached hydrogens (tertiary/aromatic N) is 1. The minimum Gasteiger partial charge on any atom is -0.478 e. The minimum absolute atomic E-state index is 0.178. The topological polar surface area (TPSA) is 89.9 Å². The van der Waals surface area contributed by atoms with Gasteiger partial charge in [-0.15, -0.1) is 0 Å². The van der Waals surface area contributed by atoms with Gasteiger partial charge < -0.3 is 20.4 Å². The second-order valence-electron chi connectivity index (χ2n) is 5.26. The van der Waals surface area contributed by atoms with Crippen LogP contribution in [0.25, 0.3) is 0 Å². The lowest BCUT2D eigenvalue weighted by molar-refractivity contribution is 0.0696. The van der Waals surface area contributed by atoms with Gasteiger partial charge in [0, 0.05) is 19.3 Å². The quantitative estimate of drug-likeness (QED) is 0.777. The maximum atomic E-state index is 12.0. The third kappa shape index (κ3) is 4.75. The molecule has 1 aromatic rings. The summed E-state index contributed by atoms with van der Waals surface area (Å²) in [4.78, 5) is 24.6. The standard InChI is InChI=1S/C15H22N2O4/c1-9-7-12(8-13(11(9)3)14(19)20)16-15(21)17(4)6-5-10(2)18/h7-8,10,18H,5-6H2,1-4H3,(H,16,21)(H,19,20). The normalized spacial score (nSPS) is 11.9. The molecule has 116 valence electrons. The maximum Gasteiger partial charge on any atom is 0.336 e. The molecule has 0 spiro atoms. The van der Waals surface area contributed by atoms with E-state index >= 15 is 0 Å². The highest BCUT2D eigenvalue weighted by Gasteiger charge is 2.14. The van der Waals surface area contributed by atoms with Crippen molar-refractivity contribution in [3.05, 3.63) is 28.8 Å². The number of urea groups is 1. The second-order valence-corrected chi connectivity index (χ2v) is 5.26. The lowest BCUT2D eigenvalue weighted by atomic mass is 10.0. The average Bonchev–Trinajstić information content (AvgIpc) is 2.39. The molecule has 0 aliphatic carbocycles. The van der Waals surface area contributed by atoms with Crippen molar-refractivity contribution >= 4 is 17.7 Å². The molecule has 0 aromatic heterocycles. The molecular formula is C15H22N2O4. The fourth-order valence-electron chi connectivity index (χ4n) is 1.85. The van der Waals surface area contributed by atoms with Gasteiger partial charge in [-0.25, -0.2) is 9.59 Å². The van der Waals surface area contributed by atoms with E-state index in [1.807, 2.05) is 0 Å². The number of aromatic carboxylic acids is 1. The van der Waals surface area contributed by atoms with E-state index in [-0.39, 0.29) is 11.6 Å². The highest BCUT2D eigenvalue weighted by Crippen LogP contribution is 2.20. The van der Waals surface area contributed by atoms with Crippen LogP contribution >= 0.6 is 0 Å². The van der Waals surface area contributed by atoms with Crippen molar-refractivity contribution < 1.29 is 19.8 Å². The van der Waals surface area contributed by atoms with Crippen LogP contribution in [0.5, 0.6) is 0 Å². The van der Waals surface area contributed by atoms with Gasteiger partial charge in [-0.1, -0.05) is 0 Å². The van der Waals surface area contributed by atoms with E-state index in [0.717, 1.165) is 5.56 Å². The predicted octanol–water partition coefficient (Wildman–Crippen LogP) is 2.24. The van der Waals surface area contributed by atoms with Crippen LogP contribution in [0.3, 0.4) is 0 Å². The third-order valence-electron chi connectivity index (χ3n) is 3.38. The fourth-order valence-corrected chi connectivity index (χ4v) is 1.85. The summed E-state index contributed by atoms with van der Waals surface area (Å²) in [6, 6.07) is 2.85. The number of hydrogen-bond donors (Lipinski definition) is 3. The monoisotopic (exact) mass is 294 g/mol. The number of carbonyl (C=O) groups excluding carboxylic acids is 1. The summed E-state index contributed by atoms with van der Waals surface area (Å²) in [6.45, 7) is 5.61.